The van der Waals surface area contributed by atoms with Crippen LogP contribution in [0, 0.1) is 5.82 Å². The highest BCUT2D eigenvalue weighted by Gasteiger charge is 2.06. The van der Waals surface area contributed by atoms with Crippen molar-refractivity contribution in [3.05, 3.63) is 27.8 Å². The van der Waals surface area contributed by atoms with Crippen LogP contribution in [0.3, 0.4) is 0 Å². The van der Waals surface area contributed by atoms with Crippen molar-refractivity contribution in [2.24, 2.45) is 0 Å². The van der Waals surface area contributed by atoms with Crippen molar-refractivity contribution < 1.29 is 9.50 Å². The maximum absolute atomic E-state index is 12.9. The van der Waals surface area contributed by atoms with Gasteiger partial charge in [0.1, 0.15) is 11.6 Å². The third-order valence-electron chi connectivity index (χ3n) is 1.60. The maximum atomic E-state index is 12.9. The molecule has 0 aliphatic carbocycles. The van der Waals surface area contributed by atoms with Gasteiger partial charge in [-0.25, -0.2) is 4.39 Å². The molecule has 1 N–H and O–H groups in total. The third-order valence-corrected chi connectivity index (χ3v) is 3.14. The van der Waals surface area contributed by atoms with Crippen molar-refractivity contribution in [3.8, 4) is 5.75 Å². The molecule has 1 aromatic heterocycles. The quantitative estimate of drug-likeness (QED) is 0.755. The van der Waals surface area contributed by atoms with E-state index < -0.39 is 0 Å². The van der Waals surface area contributed by atoms with Crippen LogP contribution in [0.4, 0.5) is 4.39 Å². The van der Waals surface area contributed by atoms with E-state index in [1.165, 1.54) is 17.4 Å². The van der Waals surface area contributed by atoms with Crippen LogP contribution in [0.25, 0.3) is 10.1 Å². The van der Waals surface area contributed by atoms with Crippen LogP contribution in [0.2, 0.25) is 0 Å². The molecular weight excluding hydrogens is 243 g/mol. The van der Waals surface area contributed by atoms with Gasteiger partial charge < -0.3 is 5.11 Å². The number of aromatic hydroxyl groups is 1. The summed E-state index contributed by atoms with van der Waals surface area (Å²) in [7, 11) is 0. The average molecular weight is 247 g/mol. The average Bonchev–Trinajstić information content (AvgIpc) is 2.35. The Bertz CT molecular complexity index is 438. The van der Waals surface area contributed by atoms with E-state index in [0.717, 1.165) is 4.70 Å². The molecule has 1 nitrogen and oxygen atoms in total. The largest absolute Gasteiger partial charge is 0.506 e. The molecule has 4 heteroatoms. The van der Waals surface area contributed by atoms with Gasteiger partial charge in [-0.1, -0.05) is 0 Å². The molecule has 2 rings (SSSR count). The molecule has 0 aliphatic rings. The molecular formula is C8H4BrFOS. The lowest BCUT2D eigenvalue weighted by atomic mass is 10.2. The molecule has 0 saturated carbocycles. The molecule has 0 fully saturated rings. The van der Waals surface area contributed by atoms with Gasteiger partial charge in [-0.05, 0) is 28.1 Å². The fraction of sp³-hybridized carbons (Fsp3) is 0. The highest BCUT2D eigenvalue weighted by atomic mass is 79.9. The Morgan fingerprint density at radius 3 is 2.92 bits per heavy atom. The lowest BCUT2D eigenvalue weighted by Crippen LogP contribution is -1.74. The van der Waals surface area contributed by atoms with Gasteiger partial charge in [0, 0.05) is 15.5 Å². The van der Waals surface area contributed by atoms with Crippen molar-refractivity contribution in [3.63, 3.8) is 0 Å². The predicted molar refractivity (Wildman–Crippen MR) is 51.1 cm³/mol. The van der Waals surface area contributed by atoms with Crippen LogP contribution in [-0.4, -0.2) is 5.11 Å². The Morgan fingerprint density at radius 2 is 2.17 bits per heavy atom. The first kappa shape index (κ1) is 8.01. The molecule has 0 unspecified atom stereocenters. The Hall–Kier alpha value is -0.610. The Balaban J connectivity index is 2.87. The Morgan fingerprint density at radius 1 is 1.42 bits per heavy atom. The van der Waals surface area contributed by atoms with Crippen LogP contribution < -0.4 is 0 Å². The smallest absolute Gasteiger partial charge is 0.138 e. The van der Waals surface area contributed by atoms with Gasteiger partial charge in [0.2, 0.25) is 0 Å². The summed E-state index contributed by atoms with van der Waals surface area (Å²) >= 11 is 4.38. The van der Waals surface area contributed by atoms with E-state index in [0.29, 0.717) is 9.86 Å². The molecule has 1 heterocycles. The molecule has 0 amide bonds. The molecule has 0 saturated heterocycles. The summed E-state index contributed by atoms with van der Waals surface area (Å²) in [6.45, 7) is 0. The first-order valence-electron chi connectivity index (χ1n) is 3.23. The normalized spacial score (nSPS) is 10.8. The van der Waals surface area contributed by atoms with Crippen LogP contribution in [0.1, 0.15) is 0 Å². The zero-order chi connectivity index (χ0) is 8.72. The topological polar surface area (TPSA) is 20.2 Å². The van der Waals surface area contributed by atoms with Gasteiger partial charge in [0.25, 0.3) is 0 Å². The fourth-order valence-electron chi connectivity index (χ4n) is 1.01. The zero-order valence-corrected chi connectivity index (χ0v) is 8.25. The number of fused-ring (bicyclic) bond motifs is 1. The number of hydrogen-bond acceptors (Lipinski definition) is 2. The summed E-state index contributed by atoms with van der Waals surface area (Å²) in [6.07, 6.45) is 0. The van der Waals surface area contributed by atoms with Crippen molar-refractivity contribution in [1.29, 1.82) is 0 Å². The van der Waals surface area contributed by atoms with Gasteiger partial charge >= 0.3 is 0 Å². The number of thiophene rings is 1. The SMILES string of the molecule is Oc1csc2cc(F)c(Br)cc12. The predicted octanol–water partition coefficient (Wildman–Crippen LogP) is 3.51. The molecule has 0 radical (unpaired) electrons. The minimum absolute atomic E-state index is 0.204. The Kier molecular flexibility index (Phi) is 1.81. The molecule has 2 aromatic rings. The zero-order valence-electron chi connectivity index (χ0n) is 5.84. The number of benzene rings is 1. The van der Waals surface area contributed by atoms with E-state index in [-0.39, 0.29) is 11.6 Å². The second-order valence-electron chi connectivity index (χ2n) is 2.38. The summed E-state index contributed by atoms with van der Waals surface area (Å²) < 4.78 is 14.1. The second-order valence-corrected chi connectivity index (χ2v) is 4.15. The van der Waals surface area contributed by atoms with Crippen molar-refractivity contribution in [1.82, 2.24) is 0 Å². The van der Waals surface area contributed by atoms with Crippen LogP contribution in [0.5, 0.6) is 5.75 Å². The highest BCUT2D eigenvalue weighted by molar-refractivity contribution is 9.10. The molecule has 0 aliphatic heterocycles. The van der Waals surface area contributed by atoms with Gasteiger partial charge in [-0.15, -0.1) is 11.3 Å². The van der Waals surface area contributed by atoms with Gasteiger partial charge in [0.15, 0.2) is 0 Å². The van der Waals surface area contributed by atoms with Gasteiger partial charge in [-0.3, -0.25) is 0 Å². The van der Waals surface area contributed by atoms with E-state index >= 15 is 0 Å². The minimum atomic E-state index is -0.302. The summed E-state index contributed by atoms with van der Waals surface area (Å²) in [5.41, 5.74) is 0. The van der Waals surface area contributed by atoms with Gasteiger partial charge in [-0.2, -0.15) is 0 Å². The van der Waals surface area contributed by atoms with Crippen molar-refractivity contribution in [2.75, 3.05) is 0 Å². The molecule has 62 valence electrons. The summed E-state index contributed by atoms with van der Waals surface area (Å²) in [6, 6.07) is 2.99. The first-order chi connectivity index (χ1) is 5.68. The van der Waals surface area contributed by atoms with Gasteiger partial charge in [0.05, 0.1) is 4.47 Å². The van der Waals surface area contributed by atoms with Crippen LogP contribution in [0.15, 0.2) is 22.0 Å². The lowest BCUT2D eigenvalue weighted by Gasteiger charge is -1.94. The second kappa shape index (κ2) is 2.71. The first-order valence-corrected chi connectivity index (χ1v) is 4.91. The van der Waals surface area contributed by atoms with E-state index in [1.807, 2.05) is 0 Å². The maximum Gasteiger partial charge on any atom is 0.138 e. The number of rotatable bonds is 0. The lowest BCUT2D eigenvalue weighted by molar-refractivity contribution is 0.483. The molecule has 12 heavy (non-hydrogen) atoms. The minimum Gasteiger partial charge on any atom is -0.506 e. The molecule has 0 bridgehead atoms. The van der Waals surface area contributed by atoms with Crippen molar-refractivity contribution in [2.45, 2.75) is 0 Å². The van der Waals surface area contributed by atoms with E-state index in [2.05, 4.69) is 15.9 Å². The number of hydrogen-bond donors (Lipinski definition) is 1. The van der Waals surface area contributed by atoms with E-state index in [1.54, 1.807) is 11.4 Å². The monoisotopic (exact) mass is 246 g/mol. The Labute approximate surface area is 80.6 Å². The van der Waals surface area contributed by atoms with Crippen LogP contribution in [-0.2, 0) is 0 Å². The molecule has 0 atom stereocenters. The van der Waals surface area contributed by atoms with Crippen LogP contribution >= 0.6 is 27.3 Å². The number of halogens is 2. The fourth-order valence-corrected chi connectivity index (χ4v) is 2.18. The summed E-state index contributed by atoms with van der Waals surface area (Å²) in [5.74, 6) is -0.0972. The molecule has 1 aromatic carbocycles. The van der Waals surface area contributed by atoms with E-state index in [4.69, 9.17) is 0 Å². The standard InChI is InChI=1S/C8H4BrFOS/c9-5-1-4-7(11)3-12-8(4)2-6(5)10/h1-3,11H. The summed E-state index contributed by atoms with van der Waals surface area (Å²) in [5, 5.41) is 11.6. The van der Waals surface area contributed by atoms with Crippen molar-refractivity contribution >= 4 is 37.4 Å². The van der Waals surface area contributed by atoms with E-state index in [9.17, 15) is 9.50 Å². The highest BCUT2D eigenvalue weighted by Crippen LogP contribution is 2.34. The summed E-state index contributed by atoms with van der Waals surface area (Å²) in [4.78, 5) is 0. The molecule has 0 spiro atoms. The third kappa shape index (κ3) is 1.11.